The van der Waals surface area contributed by atoms with E-state index < -0.39 is 0 Å². The second-order valence-electron chi connectivity index (χ2n) is 8.27. The van der Waals surface area contributed by atoms with E-state index in [0.29, 0.717) is 22.9 Å². The van der Waals surface area contributed by atoms with Crippen LogP contribution in [0.2, 0.25) is 0 Å². The third-order valence-corrected chi connectivity index (χ3v) is 6.26. The van der Waals surface area contributed by atoms with E-state index in [1.165, 1.54) is 16.0 Å². The summed E-state index contributed by atoms with van der Waals surface area (Å²) in [6.45, 7) is 6.85. The van der Waals surface area contributed by atoms with Gasteiger partial charge in [-0.25, -0.2) is 0 Å². The summed E-state index contributed by atoms with van der Waals surface area (Å²) in [5.41, 5.74) is 4.36. The highest BCUT2D eigenvalue weighted by atomic mass is 16.5. The Morgan fingerprint density at radius 3 is 2.07 bits per heavy atom. The Hall–Kier alpha value is -2.66. The topological polar surface area (TPSA) is 49.9 Å². The highest BCUT2D eigenvalue weighted by Gasteiger charge is 2.38. The molecule has 158 valence electrons. The molecule has 2 aromatic carbocycles. The Morgan fingerprint density at radius 1 is 0.967 bits per heavy atom. The van der Waals surface area contributed by atoms with Gasteiger partial charge in [-0.05, 0) is 68.1 Å². The van der Waals surface area contributed by atoms with Gasteiger partial charge in [-0.3, -0.25) is 19.4 Å². The number of carbonyl (C=O) groups is 2. The van der Waals surface area contributed by atoms with Crippen molar-refractivity contribution in [2.75, 3.05) is 20.2 Å². The van der Waals surface area contributed by atoms with Crippen LogP contribution in [0.4, 0.5) is 0 Å². The van der Waals surface area contributed by atoms with Gasteiger partial charge in [-0.15, -0.1) is 0 Å². The number of benzene rings is 2. The lowest BCUT2D eigenvalue weighted by Crippen LogP contribution is -2.37. The number of para-hydroxylation sites is 1. The average molecular weight is 407 g/mol. The molecule has 0 fully saturated rings. The first-order valence-corrected chi connectivity index (χ1v) is 10.9. The maximum absolute atomic E-state index is 13.1. The lowest BCUT2D eigenvalue weighted by molar-refractivity contribution is 0.0641. The lowest BCUT2D eigenvalue weighted by Gasteiger charge is -2.27. The van der Waals surface area contributed by atoms with E-state index in [2.05, 4.69) is 18.7 Å². The minimum atomic E-state index is -0.203. The molecule has 1 aliphatic heterocycles. The molecule has 0 spiro atoms. The molecule has 0 bridgehead atoms. The molecule has 0 atom stereocenters. The number of amides is 2. The highest BCUT2D eigenvalue weighted by molar-refractivity contribution is 6.21. The van der Waals surface area contributed by atoms with Gasteiger partial charge in [0.1, 0.15) is 5.75 Å². The summed E-state index contributed by atoms with van der Waals surface area (Å²) >= 11 is 0. The lowest BCUT2D eigenvalue weighted by atomic mass is 10.0. The summed E-state index contributed by atoms with van der Waals surface area (Å²) in [7, 11) is 1.60. The highest BCUT2D eigenvalue weighted by Crippen LogP contribution is 2.34. The number of hydrogen-bond donors (Lipinski definition) is 0. The number of carbonyl (C=O) groups excluding carboxylic acids is 2. The Labute approximate surface area is 178 Å². The fraction of sp³-hybridized carbons (Fsp3) is 0.440. The standard InChI is InChI=1S/C25H30N2O3/c1-4-10-26(11-5-2)20-12-18-14-21-22(15-19(18)13-20)25(29)27(24(21)28)16-17-8-6-7-9-23(17)30-3/h6-9,14-15,20H,4-5,10-13,16H2,1-3H3. The first-order valence-electron chi connectivity index (χ1n) is 10.9. The van der Waals surface area contributed by atoms with Gasteiger partial charge in [0.15, 0.2) is 0 Å². The third-order valence-electron chi connectivity index (χ3n) is 6.26. The Kier molecular flexibility index (Phi) is 5.91. The minimum Gasteiger partial charge on any atom is -0.496 e. The van der Waals surface area contributed by atoms with Crippen molar-refractivity contribution in [3.05, 3.63) is 64.2 Å². The first kappa shape index (κ1) is 20.6. The van der Waals surface area contributed by atoms with Crippen molar-refractivity contribution < 1.29 is 14.3 Å². The van der Waals surface area contributed by atoms with Crippen molar-refractivity contribution in [2.45, 2.75) is 52.1 Å². The van der Waals surface area contributed by atoms with Crippen LogP contribution in [0.3, 0.4) is 0 Å². The summed E-state index contributed by atoms with van der Waals surface area (Å²) in [4.78, 5) is 30.1. The number of rotatable bonds is 8. The van der Waals surface area contributed by atoms with E-state index in [4.69, 9.17) is 4.74 Å². The van der Waals surface area contributed by atoms with Crippen LogP contribution in [0, 0.1) is 0 Å². The Morgan fingerprint density at radius 2 is 1.53 bits per heavy atom. The number of methoxy groups -OCH3 is 1. The maximum Gasteiger partial charge on any atom is 0.261 e. The quantitative estimate of drug-likeness (QED) is 0.620. The van der Waals surface area contributed by atoms with Crippen LogP contribution >= 0.6 is 0 Å². The van der Waals surface area contributed by atoms with E-state index >= 15 is 0 Å². The van der Waals surface area contributed by atoms with Crippen LogP contribution in [-0.4, -0.2) is 47.9 Å². The molecule has 0 unspecified atom stereocenters. The zero-order valence-electron chi connectivity index (χ0n) is 18.1. The predicted octanol–water partition coefficient (Wildman–Crippen LogP) is 4.08. The zero-order valence-corrected chi connectivity index (χ0v) is 18.1. The molecule has 2 aromatic rings. The smallest absolute Gasteiger partial charge is 0.261 e. The fourth-order valence-electron chi connectivity index (χ4n) is 4.84. The summed E-state index contributed by atoms with van der Waals surface area (Å²) in [6.07, 6.45) is 4.18. The molecule has 2 aliphatic rings. The average Bonchev–Trinajstić information content (AvgIpc) is 3.27. The molecule has 0 N–H and O–H groups in total. The first-order chi connectivity index (χ1) is 14.6. The van der Waals surface area contributed by atoms with Gasteiger partial charge in [-0.2, -0.15) is 0 Å². The van der Waals surface area contributed by atoms with Crippen molar-refractivity contribution in [3.63, 3.8) is 0 Å². The molecule has 0 saturated carbocycles. The fourth-order valence-corrected chi connectivity index (χ4v) is 4.84. The van der Waals surface area contributed by atoms with E-state index in [9.17, 15) is 9.59 Å². The number of hydrogen-bond acceptors (Lipinski definition) is 4. The molecule has 5 nitrogen and oxygen atoms in total. The van der Waals surface area contributed by atoms with Crippen LogP contribution in [0.1, 0.15) is 64.1 Å². The van der Waals surface area contributed by atoms with Gasteiger partial charge in [0.05, 0.1) is 24.8 Å². The summed E-state index contributed by atoms with van der Waals surface area (Å²) in [5.74, 6) is 0.281. The second-order valence-corrected chi connectivity index (χ2v) is 8.27. The minimum absolute atomic E-state index is 0.203. The third kappa shape index (κ3) is 3.63. The van der Waals surface area contributed by atoms with Gasteiger partial charge >= 0.3 is 0 Å². The predicted molar refractivity (Wildman–Crippen MR) is 117 cm³/mol. The molecular formula is C25H30N2O3. The molecule has 5 heteroatoms. The molecule has 0 aromatic heterocycles. The van der Waals surface area contributed by atoms with Gasteiger partial charge in [0.2, 0.25) is 0 Å². The van der Waals surface area contributed by atoms with E-state index in [-0.39, 0.29) is 18.4 Å². The number of fused-ring (bicyclic) bond motifs is 2. The molecule has 0 radical (unpaired) electrons. The van der Waals surface area contributed by atoms with Crippen LogP contribution in [0.5, 0.6) is 5.75 Å². The van der Waals surface area contributed by atoms with Gasteiger partial charge < -0.3 is 4.74 Å². The van der Waals surface area contributed by atoms with Crippen LogP contribution < -0.4 is 4.74 Å². The number of imide groups is 1. The zero-order chi connectivity index (χ0) is 21.3. The van der Waals surface area contributed by atoms with Gasteiger partial charge in [0, 0.05) is 11.6 Å². The van der Waals surface area contributed by atoms with Crippen molar-refractivity contribution in [3.8, 4) is 5.75 Å². The van der Waals surface area contributed by atoms with Gasteiger partial charge in [-0.1, -0.05) is 32.0 Å². The molecule has 1 heterocycles. The van der Waals surface area contributed by atoms with E-state index in [1.54, 1.807) is 7.11 Å². The molecule has 30 heavy (non-hydrogen) atoms. The van der Waals surface area contributed by atoms with Crippen LogP contribution in [-0.2, 0) is 19.4 Å². The maximum atomic E-state index is 13.1. The molecule has 2 amide bonds. The normalized spacial score (nSPS) is 15.8. The summed E-state index contributed by atoms with van der Waals surface area (Å²) < 4.78 is 5.39. The van der Waals surface area contributed by atoms with Crippen LogP contribution in [0.25, 0.3) is 0 Å². The Bertz CT molecular complexity index is 918. The molecule has 1 aliphatic carbocycles. The summed E-state index contributed by atoms with van der Waals surface area (Å²) in [6, 6.07) is 11.9. The number of ether oxygens (including phenoxy) is 1. The summed E-state index contributed by atoms with van der Waals surface area (Å²) in [5, 5.41) is 0. The van der Waals surface area contributed by atoms with E-state index in [0.717, 1.165) is 44.3 Å². The molecule has 4 rings (SSSR count). The van der Waals surface area contributed by atoms with Crippen molar-refractivity contribution >= 4 is 11.8 Å². The Balaban J connectivity index is 1.57. The van der Waals surface area contributed by atoms with Gasteiger partial charge in [0.25, 0.3) is 11.8 Å². The second kappa shape index (κ2) is 8.60. The van der Waals surface area contributed by atoms with Crippen molar-refractivity contribution in [1.29, 1.82) is 0 Å². The SMILES string of the molecule is CCCN(CCC)C1Cc2cc3c(cc2C1)C(=O)N(Cc1ccccc1OC)C3=O. The van der Waals surface area contributed by atoms with Crippen molar-refractivity contribution in [2.24, 2.45) is 0 Å². The monoisotopic (exact) mass is 406 g/mol. The number of nitrogens with zero attached hydrogens (tertiary/aromatic N) is 2. The van der Waals surface area contributed by atoms with Crippen molar-refractivity contribution in [1.82, 2.24) is 9.80 Å². The molecule has 0 saturated heterocycles. The largest absolute Gasteiger partial charge is 0.496 e. The van der Waals surface area contributed by atoms with Crippen LogP contribution in [0.15, 0.2) is 36.4 Å². The van der Waals surface area contributed by atoms with E-state index in [1.807, 2.05) is 36.4 Å². The molecular weight excluding hydrogens is 376 g/mol.